The predicted octanol–water partition coefficient (Wildman–Crippen LogP) is 4.31. The summed E-state index contributed by atoms with van der Waals surface area (Å²) in [5.74, 6) is 2.23. The number of nitrogens with zero attached hydrogens (tertiary/aromatic N) is 5. The summed E-state index contributed by atoms with van der Waals surface area (Å²) in [4.78, 5) is 17.5. The van der Waals surface area contributed by atoms with Crippen LogP contribution in [-0.2, 0) is 19.8 Å². The van der Waals surface area contributed by atoms with Gasteiger partial charge in [0.15, 0.2) is 0 Å². The summed E-state index contributed by atoms with van der Waals surface area (Å²) in [5, 5.41) is 13.1. The summed E-state index contributed by atoms with van der Waals surface area (Å²) in [5.41, 5.74) is 12.5. The molecule has 1 aliphatic rings. The molecule has 0 bridgehead atoms. The first-order valence-electron chi connectivity index (χ1n) is 12.0. The van der Waals surface area contributed by atoms with E-state index >= 15 is 0 Å². The number of fused-ring (bicyclic) bond motifs is 1. The molecule has 0 unspecified atom stereocenters. The van der Waals surface area contributed by atoms with Crippen molar-refractivity contribution in [3.8, 4) is 5.88 Å². The number of aryl methyl sites for hydroxylation is 2. The van der Waals surface area contributed by atoms with E-state index < -0.39 is 0 Å². The molecule has 0 atom stereocenters. The van der Waals surface area contributed by atoms with Crippen LogP contribution in [0.25, 0.3) is 5.65 Å². The van der Waals surface area contributed by atoms with Crippen molar-refractivity contribution in [2.24, 2.45) is 0 Å². The molecule has 0 radical (unpaired) electrons. The molecule has 0 spiro atoms. The average Bonchev–Trinajstić information content (AvgIpc) is 3.62. The summed E-state index contributed by atoms with van der Waals surface area (Å²) < 4.78 is 7.87. The maximum Gasteiger partial charge on any atom is 0.218 e. The predicted molar refractivity (Wildman–Crippen MR) is 136 cm³/mol. The molecule has 4 heterocycles. The lowest BCUT2D eigenvalue weighted by Crippen LogP contribution is -2.08. The van der Waals surface area contributed by atoms with E-state index in [0.717, 1.165) is 33.7 Å². The Kier molecular flexibility index (Phi) is 7.45. The van der Waals surface area contributed by atoms with Crippen LogP contribution in [0.15, 0.2) is 36.9 Å². The fourth-order valence-electron chi connectivity index (χ4n) is 4.07. The first kappa shape index (κ1) is 24.4. The van der Waals surface area contributed by atoms with Gasteiger partial charge in [0, 0.05) is 36.3 Å². The van der Waals surface area contributed by atoms with Crippen molar-refractivity contribution < 1.29 is 9.84 Å². The van der Waals surface area contributed by atoms with Crippen molar-refractivity contribution in [3.63, 3.8) is 0 Å². The second-order valence-corrected chi connectivity index (χ2v) is 8.51. The number of aromatic nitrogens is 5. The maximum absolute atomic E-state index is 9.77. The molecule has 0 amide bonds. The third-order valence-electron chi connectivity index (χ3n) is 5.95. The van der Waals surface area contributed by atoms with Gasteiger partial charge in [0.25, 0.3) is 0 Å². The monoisotopic (exact) mass is 475 g/mol. The second-order valence-electron chi connectivity index (χ2n) is 8.51. The Balaban J connectivity index is 0.00000141. The molecule has 4 N–H and O–H groups in total. The van der Waals surface area contributed by atoms with Crippen molar-refractivity contribution >= 4 is 17.3 Å². The van der Waals surface area contributed by atoms with E-state index in [9.17, 15) is 5.11 Å². The summed E-state index contributed by atoms with van der Waals surface area (Å²) in [6, 6.07) is 5.69. The molecule has 5 rings (SSSR count). The highest BCUT2D eigenvalue weighted by Crippen LogP contribution is 2.40. The lowest BCUT2D eigenvalue weighted by Gasteiger charge is -2.12. The van der Waals surface area contributed by atoms with Crippen molar-refractivity contribution in [2.45, 2.75) is 66.2 Å². The molecule has 9 nitrogen and oxygen atoms in total. The van der Waals surface area contributed by atoms with Gasteiger partial charge in [0.2, 0.25) is 5.88 Å². The van der Waals surface area contributed by atoms with Crippen LogP contribution in [0.1, 0.15) is 66.2 Å². The SMILES string of the molecule is CC.Cc1cc(N)nc(C)c1CNc1cc(OCc2cn3cc(C4CC4)cc(CO)c3n2)ncn1. The van der Waals surface area contributed by atoms with Gasteiger partial charge in [0.05, 0.1) is 12.3 Å². The van der Waals surface area contributed by atoms with Crippen LogP contribution in [0.2, 0.25) is 0 Å². The third kappa shape index (κ3) is 5.68. The molecule has 1 aliphatic carbocycles. The topological polar surface area (TPSA) is 123 Å². The Morgan fingerprint density at radius 2 is 1.91 bits per heavy atom. The molecule has 184 valence electrons. The highest BCUT2D eigenvalue weighted by molar-refractivity contribution is 5.51. The quantitative estimate of drug-likeness (QED) is 0.344. The van der Waals surface area contributed by atoms with Gasteiger partial charge < -0.3 is 25.3 Å². The van der Waals surface area contributed by atoms with Crippen molar-refractivity contribution in [1.82, 2.24) is 24.3 Å². The number of imidazole rings is 1. The Bertz CT molecular complexity index is 1290. The Hall–Kier alpha value is -3.72. The van der Waals surface area contributed by atoms with E-state index in [4.69, 9.17) is 10.5 Å². The zero-order valence-corrected chi connectivity index (χ0v) is 20.7. The smallest absolute Gasteiger partial charge is 0.218 e. The molecule has 0 saturated heterocycles. The average molecular weight is 476 g/mol. The van der Waals surface area contributed by atoms with Gasteiger partial charge in [-0.2, -0.15) is 0 Å². The van der Waals surface area contributed by atoms with E-state index in [-0.39, 0.29) is 13.2 Å². The van der Waals surface area contributed by atoms with Crippen LogP contribution < -0.4 is 15.8 Å². The number of rotatable bonds is 8. The van der Waals surface area contributed by atoms with Gasteiger partial charge in [-0.25, -0.2) is 19.9 Å². The summed E-state index contributed by atoms with van der Waals surface area (Å²) in [7, 11) is 0. The first-order chi connectivity index (χ1) is 17.0. The number of nitrogen functional groups attached to an aromatic ring is 1. The van der Waals surface area contributed by atoms with Crippen molar-refractivity contribution in [1.29, 1.82) is 0 Å². The van der Waals surface area contributed by atoms with E-state index in [0.29, 0.717) is 30.0 Å². The Labute approximate surface area is 205 Å². The first-order valence-corrected chi connectivity index (χ1v) is 12.0. The minimum Gasteiger partial charge on any atom is -0.471 e. The fraction of sp³-hybridized carbons (Fsp3) is 0.385. The number of pyridine rings is 2. The van der Waals surface area contributed by atoms with Crippen molar-refractivity contribution in [3.05, 3.63) is 70.6 Å². The minimum absolute atomic E-state index is 0.0369. The van der Waals surface area contributed by atoms with Gasteiger partial charge in [-0.1, -0.05) is 13.8 Å². The standard InChI is InChI=1S/C24H27N7O2.C2H6/c1-14-5-21(25)29-15(2)20(14)8-26-22-7-23(28-13-27-22)33-12-19-10-31-9-17(16-3-4-16)6-18(11-32)24(31)30-19;1-2/h5-7,9-10,13,16,32H,3-4,8,11-12H2,1-2H3,(H2,25,29)(H,26,27,28);1-2H3. The number of aliphatic hydroxyl groups excluding tert-OH is 1. The van der Waals surface area contributed by atoms with E-state index in [1.54, 1.807) is 6.07 Å². The highest BCUT2D eigenvalue weighted by Gasteiger charge is 2.25. The number of nitrogens with two attached hydrogens (primary N) is 1. The van der Waals surface area contributed by atoms with Crippen LogP contribution >= 0.6 is 0 Å². The lowest BCUT2D eigenvalue weighted by molar-refractivity contribution is 0.282. The number of aliphatic hydroxyl groups is 1. The van der Waals surface area contributed by atoms with Crippen LogP contribution in [0.5, 0.6) is 5.88 Å². The molecule has 4 aromatic rings. The molecular formula is C26H33N7O2. The van der Waals surface area contributed by atoms with Crippen LogP contribution in [0.3, 0.4) is 0 Å². The number of hydrogen-bond acceptors (Lipinski definition) is 8. The zero-order valence-electron chi connectivity index (χ0n) is 20.7. The highest BCUT2D eigenvalue weighted by atomic mass is 16.5. The Morgan fingerprint density at radius 3 is 2.63 bits per heavy atom. The number of hydrogen-bond donors (Lipinski definition) is 3. The third-order valence-corrected chi connectivity index (χ3v) is 5.95. The van der Waals surface area contributed by atoms with Crippen LogP contribution in [-0.4, -0.2) is 29.4 Å². The molecule has 35 heavy (non-hydrogen) atoms. The van der Waals surface area contributed by atoms with Crippen LogP contribution in [0, 0.1) is 13.8 Å². The van der Waals surface area contributed by atoms with Crippen molar-refractivity contribution in [2.75, 3.05) is 11.1 Å². The fourth-order valence-corrected chi connectivity index (χ4v) is 4.07. The lowest BCUT2D eigenvalue weighted by atomic mass is 10.1. The van der Waals surface area contributed by atoms with Gasteiger partial charge >= 0.3 is 0 Å². The van der Waals surface area contributed by atoms with Crippen LogP contribution in [0.4, 0.5) is 11.6 Å². The van der Waals surface area contributed by atoms with Gasteiger partial charge in [-0.3, -0.25) is 0 Å². The van der Waals surface area contributed by atoms with Gasteiger partial charge in [-0.05, 0) is 61.4 Å². The Morgan fingerprint density at radius 1 is 1.11 bits per heavy atom. The van der Waals surface area contributed by atoms with E-state index in [2.05, 4.69) is 37.5 Å². The van der Waals surface area contributed by atoms with E-state index in [1.807, 2.05) is 44.4 Å². The number of nitrogens with one attached hydrogen (secondary N) is 1. The maximum atomic E-state index is 9.77. The number of anilines is 2. The van der Waals surface area contributed by atoms with Gasteiger partial charge in [-0.15, -0.1) is 0 Å². The molecule has 1 fully saturated rings. The molecule has 1 saturated carbocycles. The molecular weight excluding hydrogens is 442 g/mol. The largest absolute Gasteiger partial charge is 0.471 e. The summed E-state index contributed by atoms with van der Waals surface area (Å²) in [6.45, 7) is 8.76. The second kappa shape index (κ2) is 10.7. The summed E-state index contributed by atoms with van der Waals surface area (Å²) in [6.07, 6.45) is 7.93. The number of ether oxygens (including phenoxy) is 1. The van der Waals surface area contributed by atoms with E-state index in [1.165, 1.54) is 24.7 Å². The molecule has 9 heteroatoms. The minimum atomic E-state index is -0.0369. The summed E-state index contributed by atoms with van der Waals surface area (Å²) >= 11 is 0. The zero-order chi connectivity index (χ0) is 24.9. The van der Waals surface area contributed by atoms with Gasteiger partial charge in [0.1, 0.15) is 30.2 Å². The molecule has 0 aliphatic heterocycles. The normalized spacial score (nSPS) is 12.8. The molecule has 4 aromatic heterocycles. The molecule has 0 aromatic carbocycles.